The quantitative estimate of drug-likeness (QED) is 0.831. The number of carbonyl (C=O) groups excluding carboxylic acids is 1. The van der Waals surface area contributed by atoms with E-state index in [0.717, 1.165) is 11.8 Å². The predicted molar refractivity (Wildman–Crippen MR) is 83.3 cm³/mol. The van der Waals surface area contributed by atoms with E-state index in [4.69, 9.17) is 14.9 Å². The topological polar surface area (TPSA) is 68.7 Å². The Morgan fingerprint density at radius 3 is 2.86 bits per heavy atom. The summed E-state index contributed by atoms with van der Waals surface area (Å²) in [6.45, 7) is 5.12. The van der Waals surface area contributed by atoms with E-state index in [1.54, 1.807) is 36.3 Å². The van der Waals surface area contributed by atoms with Crippen LogP contribution < -0.4 is 5.73 Å². The molecule has 2 N–H and O–H groups in total. The van der Waals surface area contributed by atoms with Gasteiger partial charge in [-0.15, -0.1) is 0 Å². The van der Waals surface area contributed by atoms with E-state index in [2.05, 4.69) is 6.92 Å². The van der Waals surface area contributed by atoms with Crippen molar-refractivity contribution in [2.45, 2.75) is 26.3 Å². The highest BCUT2D eigenvalue weighted by Crippen LogP contribution is 2.23. The summed E-state index contributed by atoms with van der Waals surface area (Å²) >= 11 is 0. The summed E-state index contributed by atoms with van der Waals surface area (Å²) in [5.74, 6) is 0.225. The molecular formula is C16H22N2O3. The number of hydrogen-bond donors (Lipinski definition) is 1. The third-order valence-corrected chi connectivity index (χ3v) is 3.67. The van der Waals surface area contributed by atoms with Crippen LogP contribution in [0.3, 0.4) is 0 Å². The van der Waals surface area contributed by atoms with Crippen molar-refractivity contribution in [2.75, 3.05) is 26.0 Å². The van der Waals surface area contributed by atoms with E-state index >= 15 is 0 Å². The lowest BCUT2D eigenvalue weighted by molar-refractivity contribution is 0.0585. The van der Waals surface area contributed by atoms with Gasteiger partial charge in [-0.05, 0) is 37.6 Å². The summed E-state index contributed by atoms with van der Waals surface area (Å²) in [4.78, 5) is 14.4. The SMILES string of the molecule is CCC(C)N(CCOC)C(=O)c1cc2cc(N)ccc2o1. The molecule has 1 amide bonds. The van der Waals surface area contributed by atoms with Crippen molar-refractivity contribution in [3.8, 4) is 0 Å². The van der Waals surface area contributed by atoms with Crippen LogP contribution in [0, 0.1) is 0 Å². The standard InChI is InChI=1S/C16H22N2O3/c1-4-11(2)18(7-8-20-3)16(19)15-10-12-9-13(17)5-6-14(12)21-15/h5-6,9-11H,4,7-8,17H2,1-3H3. The zero-order valence-electron chi connectivity index (χ0n) is 12.8. The van der Waals surface area contributed by atoms with E-state index in [-0.39, 0.29) is 11.9 Å². The molecule has 1 unspecified atom stereocenters. The molecule has 0 radical (unpaired) electrons. The summed E-state index contributed by atoms with van der Waals surface area (Å²) in [5, 5.41) is 0.842. The summed E-state index contributed by atoms with van der Waals surface area (Å²) < 4.78 is 10.7. The second-order valence-corrected chi connectivity index (χ2v) is 5.16. The van der Waals surface area contributed by atoms with Gasteiger partial charge in [-0.1, -0.05) is 6.92 Å². The monoisotopic (exact) mass is 290 g/mol. The number of nitrogen functional groups attached to an aromatic ring is 1. The maximum Gasteiger partial charge on any atom is 0.289 e. The van der Waals surface area contributed by atoms with E-state index < -0.39 is 0 Å². The van der Waals surface area contributed by atoms with Gasteiger partial charge in [0, 0.05) is 30.8 Å². The van der Waals surface area contributed by atoms with Crippen LogP contribution in [0.2, 0.25) is 0 Å². The van der Waals surface area contributed by atoms with Crippen LogP contribution in [-0.2, 0) is 4.74 Å². The molecule has 0 spiro atoms. The number of furan rings is 1. The summed E-state index contributed by atoms with van der Waals surface area (Å²) in [5.41, 5.74) is 7.07. The molecule has 2 rings (SSSR count). The van der Waals surface area contributed by atoms with Crippen LogP contribution in [0.5, 0.6) is 0 Å². The van der Waals surface area contributed by atoms with Gasteiger partial charge in [-0.25, -0.2) is 0 Å². The van der Waals surface area contributed by atoms with Gasteiger partial charge >= 0.3 is 0 Å². The number of methoxy groups -OCH3 is 1. The third-order valence-electron chi connectivity index (χ3n) is 3.67. The lowest BCUT2D eigenvalue weighted by atomic mass is 10.2. The van der Waals surface area contributed by atoms with Gasteiger partial charge in [0.2, 0.25) is 0 Å². The van der Waals surface area contributed by atoms with Gasteiger partial charge in [0.05, 0.1) is 6.61 Å². The second-order valence-electron chi connectivity index (χ2n) is 5.16. The number of amides is 1. The molecule has 0 saturated heterocycles. The van der Waals surface area contributed by atoms with Crippen molar-refractivity contribution in [3.63, 3.8) is 0 Å². The molecular weight excluding hydrogens is 268 g/mol. The fourth-order valence-electron chi connectivity index (χ4n) is 2.24. The number of ether oxygens (including phenoxy) is 1. The lowest BCUT2D eigenvalue weighted by Crippen LogP contribution is -2.40. The molecule has 0 aliphatic heterocycles. The van der Waals surface area contributed by atoms with Gasteiger partial charge in [-0.2, -0.15) is 0 Å². The molecule has 1 aromatic carbocycles. The Morgan fingerprint density at radius 2 is 2.19 bits per heavy atom. The third kappa shape index (κ3) is 3.36. The van der Waals surface area contributed by atoms with Crippen LogP contribution in [0.25, 0.3) is 11.0 Å². The van der Waals surface area contributed by atoms with E-state index in [1.807, 2.05) is 6.92 Å². The van der Waals surface area contributed by atoms with Gasteiger partial charge in [0.25, 0.3) is 5.91 Å². The number of carbonyl (C=O) groups is 1. The van der Waals surface area contributed by atoms with Crippen molar-refractivity contribution in [1.29, 1.82) is 0 Å². The second kappa shape index (κ2) is 6.63. The molecule has 0 saturated carbocycles. The van der Waals surface area contributed by atoms with Gasteiger partial charge in [0.15, 0.2) is 5.76 Å². The molecule has 5 heteroatoms. The molecule has 5 nitrogen and oxygen atoms in total. The first kappa shape index (κ1) is 15.4. The van der Waals surface area contributed by atoms with Crippen molar-refractivity contribution in [3.05, 3.63) is 30.0 Å². The van der Waals surface area contributed by atoms with Gasteiger partial charge in [0.1, 0.15) is 5.58 Å². The highest BCUT2D eigenvalue weighted by molar-refractivity contribution is 5.96. The fourth-order valence-corrected chi connectivity index (χ4v) is 2.24. The Labute approximate surface area is 124 Å². The normalized spacial score (nSPS) is 12.5. The molecule has 1 heterocycles. The Morgan fingerprint density at radius 1 is 1.43 bits per heavy atom. The average Bonchev–Trinajstić information content (AvgIpc) is 2.89. The van der Waals surface area contributed by atoms with Crippen LogP contribution in [0.1, 0.15) is 30.8 Å². The number of nitrogens with two attached hydrogens (primary N) is 1. The fraction of sp³-hybridized carbons (Fsp3) is 0.438. The van der Waals surface area contributed by atoms with Crippen LogP contribution in [-0.4, -0.2) is 37.1 Å². The molecule has 1 aromatic heterocycles. The molecule has 21 heavy (non-hydrogen) atoms. The minimum Gasteiger partial charge on any atom is -0.451 e. The molecule has 0 bridgehead atoms. The lowest BCUT2D eigenvalue weighted by Gasteiger charge is -2.27. The first-order valence-corrected chi connectivity index (χ1v) is 7.15. The van der Waals surface area contributed by atoms with Crippen LogP contribution in [0.15, 0.2) is 28.7 Å². The smallest absolute Gasteiger partial charge is 0.289 e. The minimum absolute atomic E-state index is 0.115. The van der Waals surface area contributed by atoms with Gasteiger partial charge in [-0.3, -0.25) is 4.79 Å². The van der Waals surface area contributed by atoms with Crippen molar-refractivity contribution < 1.29 is 13.9 Å². The number of anilines is 1. The number of fused-ring (bicyclic) bond motifs is 1. The Bertz CT molecular complexity index is 621. The van der Waals surface area contributed by atoms with Crippen LogP contribution in [0.4, 0.5) is 5.69 Å². The Balaban J connectivity index is 2.28. The van der Waals surface area contributed by atoms with Crippen molar-refractivity contribution >= 4 is 22.6 Å². The van der Waals surface area contributed by atoms with E-state index in [9.17, 15) is 4.79 Å². The summed E-state index contributed by atoms with van der Waals surface area (Å²) in [6.07, 6.45) is 0.878. The van der Waals surface area contributed by atoms with Gasteiger partial charge < -0.3 is 19.8 Å². The molecule has 1 atom stereocenters. The maximum absolute atomic E-state index is 12.7. The van der Waals surface area contributed by atoms with Crippen LogP contribution >= 0.6 is 0 Å². The highest BCUT2D eigenvalue weighted by atomic mass is 16.5. The maximum atomic E-state index is 12.7. The summed E-state index contributed by atoms with van der Waals surface area (Å²) in [6, 6.07) is 7.22. The number of rotatable bonds is 6. The first-order valence-electron chi connectivity index (χ1n) is 7.15. The molecule has 114 valence electrons. The Hall–Kier alpha value is -2.01. The first-order chi connectivity index (χ1) is 10.1. The molecule has 0 fully saturated rings. The largest absolute Gasteiger partial charge is 0.451 e. The molecule has 0 aliphatic rings. The zero-order chi connectivity index (χ0) is 15.4. The average molecular weight is 290 g/mol. The summed E-state index contributed by atoms with van der Waals surface area (Å²) in [7, 11) is 1.63. The number of hydrogen-bond acceptors (Lipinski definition) is 4. The number of nitrogens with zero attached hydrogens (tertiary/aromatic N) is 1. The number of benzene rings is 1. The van der Waals surface area contributed by atoms with Crippen molar-refractivity contribution in [1.82, 2.24) is 4.90 Å². The predicted octanol–water partition coefficient (Wildman–Crippen LogP) is 2.90. The molecule has 0 aliphatic carbocycles. The van der Waals surface area contributed by atoms with E-state index in [1.165, 1.54) is 0 Å². The Kier molecular flexibility index (Phi) is 4.85. The highest BCUT2D eigenvalue weighted by Gasteiger charge is 2.23. The van der Waals surface area contributed by atoms with E-state index in [0.29, 0.717) is 30.2 Å². The molecule has 2 aromatic rings. The minimum atomic E-state index is -0.115. The zero-order valence-corrected chi connectivity index (χ0v) is 12.8. The van der Waals surface area contributed by atoms with Crippen molar-refractivity contribution in [2.24, 2.45) is 0 Å².